The monoisotopic (exact) mass is 225 g/mol. The van der Waals surface area contributed by atoms with E-state index in [9.17, 15) is 0 Å². The Labute approximate surface area is 101 Å². The van der Waals surface area contributed by atoms with Gasteiger partial charge in [0.1, 0.15) is 5.71 Å². The first-order valence-electron chi connectivity index (χ1n) is 5.49. The molecule has 0 fully saturated rings. The van der Waals surface area contributed by atoms with E-state index < -0.39 is 0 Å². The number of hydrazone groups is 1. The van der Waals surface area contributed by atoms with E-state index in [1.165, 1.54) is 5.56 Å². The molecule has 0 aromatic heterocycles. The zero-order valence-electron chi connectivity index (χ0n) is 10.0. The second-order valence-electron chi connectivity index (χ2n) is 3.98. The maximum Gasteiger partial charge on any atom is 0.108 e. The molecule has 0 atom stereocenters. The summed E-state index contributed by atoms with van der Waals surface area (Å²) in [5.41, 5.74) is 3.33. The maximum atomic E-state index is 7.75. The fourth-order valence-corrected chi connectivity index (χ4v) is 1.61. The second kappa shape index (κ2) is 4.78. The maximum absolute atomic E-state index is 7.75. The van der Waals surface area contributed by atoms with Crippen LogP contribution in [0.3, 0.4) is 0 Å². The average molecular weight is 225 g/mol. The number of nitrogens with one attached hydrogen (secondary N) is 1. The van der Waals surface area contributed by atoms with Crippen molar-refractivity contribution in [2.75, 3.05) is 12.1 Å². The molecule has 1 aliphatic rings. The molecule has 0 aliphatic heterocycles. The van der Waals surface area contributed by atoms with E-state index in [-0.39, 0.29) is 0 Å². The standard InChI is InChI=1S/C14H15N3/c1-11-6-5-7-12(10-11)17(2)16-14-9-4-3-8-13(14)15/h3-10,15H,1-2H3/b15-13?,16-14-. The van der Waals surface area contributed by atoms with E-state index in [0.717, 1.165) is 5.69 Å². The lowest BCUT2D eigenvalue weighted by atomic mass is 10.1. The predicted octanol–water partition coefficient (Wildman–Crippen LogP) is 2.93. The Morgan fingerprint density at radius 2 is 1.94 bits per heavy atom. The number of nitrogens with zero attached hydrogens (tertiary/aromatic N) is 2. The van der Waals surface area contributed by atoms with Crippen LogP contribution >= 0.6 is 0 Å². The van der Waals surface area contributed by atoms with Crippen LogP contribution < -0.4 is 5.01 Å². The van der Waals surface area contributed by atoms with Crippen LogP contribution in [0.2, 0.25) is 0 Å². The van der Waals surface area contributed by atoms with Crippen molar-refractivity contribution in [1.29, 1.82) is 5.41 Å². The zero-order chi connectivity index (χ0) is 12.3. The smallest absolute Gasteiger partial charge is 0.108 e. The lowest BCUT2D eigenvalue weighted by Gasteiger charge is -2.15. The number of hydrogen-bond acceptors (Lipinski definition) is 3. The summed E-state index contributed by atoms with van der Waals surface area (Å²) in [6.07, 6.45) is 7.31. The van der Waals surface area contributed by atoms with Gasteiger partial charge in [-0.2, -0.15) is 5.10 Å². The summed E-state index contributed by atoms with van der Waals surface area (Å²) < 4.78 is 0. The van der Waals surface area contributed by atoms with Crippen LogP contribution in [0.5, 0.6) is 0 Å². The molecule has 0 unspecified atom stereocenters. The first-order valence-corrected chi connectivity index (χ1v) is 5.49. The van der Waals surface area contributed by atoms with Gasteiger partial charge in [0.15, 0.2) is 0 Å². The van der Waals surface area contributed by atoms with Gasteiger partial charge in [0.2, 0.25) is 0 Å². The lowest BCUT2D eigenvalue weighted by Crippen LogP contribution is -2.18. The highest BCUT2D eigenvalue weighted by molar-refractivity contribution is 6.50. The molecule has 17 heavy (non-hydrogen) atoms. The number of anilines is 1. The third kappa shape index (κ3) is 2.69. The molecule has 2 rings (SSSR count). The van der Waals surface area contributed by atoms with Gasteiger partial charge in [-0.3, -0.25) is 10.4 Å². The molecular formula is C14H15N3. The van der Waals surface area contributed by atoms with E-state index >= 15 is 0 Å². The van der Waals surface area contributed by atoms with Crippen molar-refractivity contribution in [2.45, 2.75) is 6.92 Å². The average Bonchev–Trinajstić information content (AvgIpc) is 2.32. The van der Waals surface area contributed by atoms with Crippen molar-refractivity contribution in [3.8, 4) is 0 Å². The van der Waals surface area contributed by atoms with Gasteiger partial charge < -0.3 is 0 Å². The molecule has 0 saturated carbocycles. The first kappa shape index (κ1) is 11.3. The number of hydrogen-bond donors (Lipinski definition) is 1. The minimum atomic E-state index is 0.437. The summed E-state index contributed by atoms with van der Waals surface area (Å²) in [5.74, 6) is 0. The molecule has 1 aromatic rings. The van der Waals surface area contributed by atoms with Gasteiger partial charge >= 0.3 is 0 Å². The SMILES string of the molecule is Cc1cccc(N(C)/N=C2/C=CC=CC2=N)c1. The molecule has 0 heterocycles. The normalized spacial score (nSPS) is 16.6. The Morgan fingerprint density at radius 3 is 2.65 bits per heavy atom. The molecule has 0 bridgehead atoms. The number of aryl methyl sites for hydroxylation is 1. The van der Waals surface area contributed by atoms with Crippen LogP contribution in [0.1, 0.15) is 5.56 Å². The molecule has 3 heteroatoms. The van der Waals surface area contributed by atoms with Crippen LogP contribution in [0, 0.1) is 12.3 Å². The second-order valence-corrected chi connectivity index (χ2v) is 3.98. The third-order valence-electron chi connectivity index (χ3n) is 2.54. The summed E-state index contributed by atoms with van der Waals surface area (Å²) in [6, 6.07) is 8.12. The van der Waals surface area contributed by atoms with Gasteiger partial charge in [-0.05, 0) is 36.8 Å². The highest BCUT2D eigenvalue weighted by Crippen LogP contribution is 2.15. The fourth-order valence-electron chi connectivity index (χ4n) is 1.61. The molecule has 0 saturated heterocycles. The van der Waals surface area contributed by atoms with Crippen molar-refractivity contribution < 1.29 is 0 Å². The number of rotatable bonds is 2. The van der Waals surface area contributed by atoms with Gasteiger partial charge in [-0.15, -0.1) is 0 Å². The quantitative estimate of drug-likeness (QED) is 0.610. The topological polar surface area (TPSA) is 39.5 Å². The molecule has 1 aliphatic carbocycles. The molecule has 0 radical (unpaired) electrons. The summed E-state index contributed by atoms with van der Waals surface area (Å²) in [5, 5.41) is 14.0. The summed E-state index contributed by atoms with van der Waals surface area (Å²) >= 11 is 0. The largest absolute Gasteiger partial charge is 0.299 e. The van der Waals surface area contributed by atoms with Crippen LogP contribution in [0.4, 0.5) is 5.69 Å². The van der Waals surface area contributed by atoms with E-state index in [2.05, 4.69) is 24.2 Å². The van der Waals surface area contributed by atoms with Crippen LogP contribution in [-0.4, -0.2) is 18.5 Å². The van der Waals surface area contributed by atoms with Crippen molar-refractivity contribution in [1.82, 2.24) is 0 Å². The van der Waals surface area contributed by atoms with Gasteiger partial charge in [-0.25, -0.2) is 0 Å². The molecule has 1 aromatic carbocycles. The van der Waals surface area contributed by atoms with Gasteiger partial charge in [0, 0.05) is 7.05 Å². The van der Waals surface area contributed by atoms with Crippen molar-refractivity contribution in [2.24, 2.45) is 5.10 Å². The molecular weight excluding hydrogens is 210 g/mol. The first-order chi connectivity index (χ1) is 8.16. The third-order valence-corrected chi connectivity index (χ3v) is 2.54. The Morgan fingerprint density at radius 1 is 1.18 bits per heavy atom. The predicted molar refractivity (Wildman–Crippen MR) is 73.0 cm³/mol. The number of allylic oxidation sites excluding steroid dienone is 4. The number of benzene rings is 1. The van der Waals surface area contributed by atoms with Gasteiger partial charge in [-0.1, -0.05) is 24.3 Å². The Bertz CT molecular complexity index is 524. The van der Waals surface area contributed by atoms with Gasteiger partial charge in [0.05, 0.1) is 11.4 Å². The van der Waals surface area contributed by atoms with Crippen molar-refractivity contribution >= 4 is 17.1 Å². The van der Waals surface area contributed by atoms with Crippen molar-refractivity contribution in [3.05, 3.63) is 54.1 Å². The summed E-state index contributed by atoms with van der Waals surface area (Å²) in [6.45, 7) is 2.05. The Hall–Kier alpha value is -2.16. The highest BCUT2D eigenvalue weighted by Gasteiger charge is 2.06. The summed E-state index contributed by atoms with van der Waals surface area (Å²) in [7, 11) is 1.89. The van der Waals surface area contributed by atoms with Crippen molar-refractivity contribution in [3.63, 3.8) is 0 Å². The van der Waals surface area contributed by atoms with Gasteiger partial charge in [0.25, 0.3) is 0 Å². The highest BCUT2D eigenvalue weighted by atomic mass is 15.4. The Kier molecular flexibility index (Phi) is 3.19. The molecule has 0 amide bonds. The van der Waals surface area contributed by atoms with Crippen LogP contribution in [0.15, 0.2) is 53.7 Å². The van der Waals surface area contributed by atoms with E-state index in [1.54, 1.807) is 11.1 Å². The molecule has 86 valence electrons. The molecule has 3 nitrogen and oxygen atoms in total. The van der Waals surface area contributed by atoms with E-state index in [4.69, 9.17) is 5.41 Å². The summed E-state index contributed by atoms with van der Waals surface area (Å²) in [4.78, 5) is 0. The van der Waals surface area contributed by atoms with E-state index in [1.807, 2.05) is 37.4 Å². The zero-order valence-corrected chi connectivity index (χ0v) is 10.0. The lowest BCUT2D eigenvalue weighted by molar-refractivity contribution is 1.02. The Balaban J connectivity index is 2.24. The fraction of sp³-hybridized carbons (Fsp3) is 0.143. The van der Waals surface area contributed by atoms with E-state index in [0.29, 0.717) is 11.4 Å². The molecule has 0 spiro atoms. The minimum absolute atomic E-state index is 0.437. The van der Waals surface area contributed by atoms with Crippen LogP contribution in [-0.2, 0) is 0 Å². The van der Waals surface area contributed by atoms with Crippen LogP contribution in [0.25, 0.3) is 0 Å². The molecule has 1 N–H and O–H groups in total. The minimum Gasteiger partial charge on any atom is -0.299 e.